The number of aromatic nitrogens is 3. The van der Waals surface area contributed by atoms with Crippen LogP contribution in [0.4, 0.5) is 0 Å². The molecule has 1 N–H and O–H groups in total. The zero-order valence-electron chi connectivity index (χ0n) is 16.5. The van der Waals surface area contributed by atoms with E-state index in [-0.39, 0.29) is 24.7 Å². The van der Waals surface area contributed by atoms with Crippen molar-refractivity contribution in [3.63, 3.8) is 0 Å². The quantitative estimate of drug-likeness (QED) is 0.361. The van der Waals surface area contributed by atoms with E-state index in [9.17, 15) is 19.2 Å². The van der Waals surface area contributed by atoms with E-state index in [0.29, 0.717) is 12.4 Å². The number of fused-ring (bicyclic) bond motifs is 3. The van der Waals surface area contributed by atoms with Crippen molar-refractivity contribution in [2.45, 2.75) is 57.6 Å². The number of hydrogen-bond acceptors (Lipinski definition) is 8. The van der Waals surface area contributed by atoms with Gasteiger partial charge in [-0.3, -0.25) is 19.2 Å². The number of aryl methyl sites for hydroxylation is 1. The Morgan fingerprint density at radius 2 is 2.10 bits per heavy atom. The van der Waals surface area contributed by atoms with Gasteiger partial charge in [0.15, 0.2) is 11.9 Å². The Morgan fingerprint density at radius 3 is 2.93 bits per heavy atom. The molecule has 1 aromatic heterocycles. The molecule has 158 valence electrons. The fourth-order valence-electron chi connectivity index (χ4n) is 4.55. The van der Waals surface area contributed by atoms with Crippen molar-refractivity contribution in [3.05, 3.63) is 23.4 Å². The average molecular weight is 414 g/mol. The first kappa shape index (κ1) is 18.9. The highest BCUT2D eigenvalue weighted by atomic mass is 16.5. The van der Waals surface area contributed by atoms with Crippen LogP contribution < -0.4 is 5.32 Å². The molecule has 11 heteroatoms. The van der Waals surface area contributed by atoms with Gasteiger partial charge in [-0.05, 0) is 19.8 Å². The minimum atomic E-state index is -1.22. The minimum absolute atomic E-state index is 0.101. The summed E-state index contributed by atoms with van der Waals surface area (Å²) in [6.07, 6.45) is 3.75. The average Bonchev–Trinajstić information content (AvgIpc) is 3.32. The number of Topliss-reactive ketones (excluding diaryl/α,β-unsaturated/α-hetero) is 2. The lowest BCUT2D eigenvalue weighted by Crippen LogP contribution is -2.65. The number of ether oxygens (including phenoxy) is 1. The molecule has 0 spiro atoms. The SMILES string of the molecule is C[C@H]1CO[C@@H]2CN3C=C(C(=O)NCc4nnc5n4CCCC5)C(=O)C(=O)C3C(=O)N12. The van der Waals surface area contributed by atoms with Crippen LogP contribution in [0.1, 0.15) is 31.4 Å². The lowest BCUT2D eigenvalue weighted by Gasteiger charge is -2.43. The minimum Gasteiger partial charge on any atom is -0.354 e. The molecule has 0 saturated carbocycles. The Bertz CT molecular complexity index is 984. The molecule has 11 nitrogen and oxygen atoms in total. The van der Waals surface area contributed by atoms with Crippen LogP contribution in [0.2, 0.25) is 0 Å². The number of carbonyl (C=O) groups is 4. The van der Waals surface area contributed by atoms with E-state index in [2.05, 4.69) is 15.5 Å². The van der Waals surface area contributed by atoms with Gasteiger partial charge in [-0.1, -0.05) is 0 Å². The molecular weight excluding hydrogens is 392 g/mol. The second-order valence-electron chi connectivity index (χ2n) is 8.04. The topological polar surface area (TPSA) is 127 Å². The molecule has 4 aliphatic rings. The number of rotatable bonds is 3. The summed E-state index contributed by atoms with van der Waals surface area (Å²) in [6, 6.07) is -1.38. The van der Waals surface area contributed by atoms with Gasteiger partial charge in [-0.2, -0.15) is 0 Å². The van der Waals surface area contributed by atoms with Crippen molar-refractivity contribution in [2.75, 3.05) is 13.2 Å². The highest BCUT2D eigenvalue weighted by Gasteiger charge is 2.52. The first-order chi connectivity index (χ1) is 14.5. The van der Waals surface area contributed by atoms with Crippen LogP contribution in [0.15, 0.2) is 11.8 Å². The Kier molecular flexibility index (Phi) is 4.42. The Hall–Kier alpha value is -3.08. The van der Waals surface area contributed by atoms with Gasteiger partial charge in [0.25, 0.3) is 11.8 Å². The molecule has 1 unspecified atom stereocenters. The molecule has 0 radical (unpaired) electrons. The van der Waals surface area contributed by atoms with Gasteiger partial charge in [-0.15, -0.1) is 10.2 Å². The summed E-state index contributed by atoms with van der Waals surface area (Å²) in [7, 11) is 0. The van der Waals surface area contributed by atoms with Crippen LogP contribution in [0.5, 0.6) is 0 Å². The number of piperazine rings is 1. The maximum absolute atomic E-state index is 12.8. The van der Waals surface area contributed by atoms with E-state index in [1.54, 1.807) is 0 Å². The summed E-state index contributed by atoms with van der Waals surface area (Å²) in [5.74, 6) is -1.46. The van der Waals surface area contributed by atoms with Crippen molar-refractivity contribution >= 4 is 23.4 Å². The summed E-state index contributed by atoms with van der Waals surface area (Å²) >= 11 is 0. The molecule has 3 atom stereocenters. The number of nitrogens with zero attached hydrogens (tertiary/aromatic N) is 5. The van der Waals surface area contributed by atoms with E-state index < -0.39 is 35.7 Å². The third-order valence-corrected chi connectivity index (χ3v) is 6.10. The Balaban J connectivity index is 1.34. The summed E-state index contributed by atoms with van der Waals surface area (Å²) in [6.45, 7) is 3.33. The van der Waals surface area contributed by atoms with Crippen LogP contribution in [-0.2, 0) is 43.4 Å². The molecule has 2 amide bonds. The van der Waals surface area contributed by atoms with Crippen LogP contribution >= 0.6 is 0 Å². The van der Waals surface area contributed by atoms with Crippen LogP contribution in [0.3, 0.4) is 0 Å². The molecule has 2 saturated heterocycles. The van der Waals surface area contributed by atoms with Crippen LogP contribution in [0.25, 0.3) is 0 Å². The van der Waals surface area contributed by atoms with E-state index in [0.717, 1.165) is 31.6 Å². The zero-order valence-corrected chi connectivity index (χ0v) is 16.5. The summed E-state index contributed by atoms with van der Waals surface area (Å²) in [4.78, 5) is 53.7. The molecule has 1 aromatic rings. The second kappa shape index (κ2) is 7.01. The molecule has 4 aliphatic heterocycles. The highest BCUT2D eigenvalue weighted by Crippen LogP contribution is 2.29. The van der Waals surface area contributed by atoms with Gasteiger partial charge in [0.2, 0.25) is 11.6 Å². The summed E-state index contributed by atoms with van der Waals surface area (Å²) in [5, 5.41) is 10.9. The van der Waals surface area contributed by atoms with E-state index >= 15 is 0 Å². The molecule has 5 heterocycles. The first-order valence-electron chi connectivity index (χ1n) is 10.1. The van der Waals surface area contributed by atoms with E-state index in [4.69, 9.17) is 4.74 Å². The monoisotopic (exact) mass is 414 g/mol. The van der Waals surface area contributed by atoms with Gasteiger partial charge >= 0.3 is 0 Å². The van der Waals surface area contributed by atoms with Crippen LogP contribution in [0, 0.1) is 0 Å². The van der Waals surface area contributed by atoms with Crippen molar-refractivity contribution in [1.29, 1.82) is 0 Å². The van der Waals surface area contributed by atoms with E-state index in [1.165, 1.54) is 16.0 Å². The van der Waals surface area contributed by atoms with Crippen LogP contribution in [-0.4, -0.2) is 79.4 Å². The molecule has 2 fully saturated rings. The predicted molar refractivity (Wildman–Crippen MR) is 99.4 cm³/mol. The third-order valence-electron chi connectivity index (χ3n) is 6.10. The first-order valence-corrected chi connectivity index (χ1v) is 10.1. The largest absolute Gasteiger partial charge is 0.354 e. The number of nitrogens with one attached hydrogen (secondary N) is 1. The molecule has 0 aliphatic carbocycles. The van der Waals surface area contributed by atoms with Gasteiger partial charge in [0.05, 0.1) is 25.7 Å². The number of hydrogen-bond donors (Lipinski definition) is 1. The summed E-state index contributed by atoms with van der Waals surface area (Å²) < 4.78 is 7.59. The zero-order chi connectivity index (χ0) is 21.0. The Morgan fingerprint density at radius 1 is 1.27 bits per heavy atom. The van der Waals surface area contributed by atoms with Crippen molar-refractivity contribution in [2.24, 2.45) is 0 Å². The third kappa shape index (κ3) is 2.83. The number of ketones is 2. The van der Waals surface area contributed by atoms with Gasteiger partial charge in [-0.25, -0.2) is 0 Å². The second-order valence-corrected chi connectivity index (χ2v) is 8.04. The lowest BCUT2D eigenvalue weighted by molar-refractivity contribution is -0.159. The van der Waals surface area contributed by atoms with E-state index in [1.807, 2.05) is 11.5 Å². The molecule has 30 heavy (non-hydrogen) atoms. The molecule has 5 rings (SSSR count). The van der Waals surface area contributed by atoms with Gasteiger partial charge in [0.1, 0.15) is 17.6 Å². The standard InChI is InChI=1S/C19H22N6O5/c1-10-9-30-14-8-23-7-11(16(26)17(27)15(23)19(29)25(10)14)18(28)20-6-13-22-21-12-4-2-3-5-24(12)13/h7,10,14-15H,2-6,8-9H2,1H3,(H,20,28)/t10-,14+,15?/m0/s1. The summed E-state index contributed by atoms with van der Waals surface area (Å²) in [5.41, 5.74) is -0.276. The fourth-order valence-corrected chi connectivity index (χ4v) is 4.55. The highest BCUT2D eigenvalue weighted by molar-refractivity contribution is 6.53. The lowest BCUT2D eigenvalue weighted by atomic mass is 9.93. The number of carbonyl (C=O) groups excluding carboxylic acids is 4. The smallest absolute Gasteiger partial charge is 0.257 e. The van der Waals surface area contributed by atoms with Gasteiger partial charge < -0.3 is 24.4 Å². The maximum Gasteiger partial charge on any atom is 0.257 e. The van der Waals surface area contributed by atoms with Crippen molar-refractivity contribution < 1.29 is 23.9 Å². The molecular formula is C19H22N6O5. The number of amides is 2. The predicted octanol–water partition coefficient (Wildman–Crippen LogP) is -1.48. The molecule has 0 aromatic carbocycles. The normalized spacial score (nSPS) is 28.1. The Labute approximate surface area is 172 Å². The fraction of sp³-hybridized carbons (Fsp3) is 0.579. The maximum atomic E-state index is 12.8. The molecule has 0 bridgehead atoms. The van der Waals surface area contributed by atoms with Crippen molar-refractivity contribution in [1.82, 2.24) is 29.9 Å². The van der Waals surface area contributed by atoms with Crippen molar-refractivity contribution in [3.8, 4) is 0 Å². The van der Waals surface area contributed by atoms with Gasteiger partial charge in [0, 0.05) is 19.2 Å².